The van der Waals surface area contributed by atoms with Gasteiger partial charge >= 0.3 is 0 Å². The maximum Gasteiger partial charge on any atom is 0.155 e. The fourth-order valence-corrected chi connectivity index (χ4v) is 1.82. The monoisotopic (exact) mass is 194 g/mol. The summed E-state index contributed by atoms with van der Waals surface area (Å²) in [6, 6.07) is 0. The molecule has 78 valence electrons. The summed E-state index contributed by atoms with van der Waals surface area (Å²) in [7, 11) is 0. The van der Waals surface area contributed by atoms with Gasteiger partial charge in [-0.3, -0.25) is 4.79 Å². The average molecular weight is 194 g/mol. The van der Waals surface area contributed by atoms with Gasteiger partial charge in [-0.15, -0.1) is 6.58 Å². The van der Waals surface area contributed by atoms with E-state index in [4.69, 9.17) is 0 Å². The molecule has 0 aromatic carbocycles. The van der Waals surface area contributed by atoms with Crippen molar-refractivity contribution in [2.45, 2.75) is 32.8 Å². The summed E-state index contributed by atoms with van der Waals surface area (Å²) < 4.78 is 0. The van der Waals surface area contributed by atoms with E-state index >= 15 is 0 Å². The van der Waals surface area contributed by atoms with E-state index in [2.05, 4.69) is 6.58 Å². The predicted molar refractivity (Wildman–Crippen MR) is 56.9 cm³/mol. The third-order valence-electron chi connectivity index (χ3n) is 3.11. The number of carbonyl (C=O) groups is 1. The lowest BCUT2D eigenvalue weighted by Gasteiger charge is -2.36. The van der Waals surface area contributed by atoms with Crippen LogP contribution in [0.3, 0.4) is 0 Å². The van der Waals surface area contributed by atoms with Crippen molar-refractivity contribution in [3.63, 3.8) is 0 Å². The molecule has 1 rings (SSSR count). The summed E-state index contributed by atoms with van der Waals surface area (Å²) in [5.41, 5.74) is -0.276. The van der Waals surface area contributed by atoms with Crippen molar-refractivity contribution in [3.05, 3.63) is 24.8 Å². The standard InChI is InChI=1S/C12H18O2/c1-4-9(2)11(14)12(3)7-5-10(13)6-8-12/h4-5,7,9,11,14H,1,6,8H2,2-3H3/t9-,11-,12-/m1/s1. The van der Waals surface area contributed by atoms with Gasteiger partial charge in [0.05, 0.1) is 6.10 Å². The van der Waals surface area contributed by atoms with Crippen molar-refractivity contribution in [1.29, 1.82) is 0 Å². The molecule has 0 unspecified atom stereocenters. The SMILES string of the molecule is C=C[C@@H](C)[C@@H](O)[C@]1(C)C=CC(=O)CC1. The van der Waals surface area contributed by atoms with Gasteiger partial charge in [-0.1, -0.05) is 26.0 Å². The fourth-order valence-electron chi connectivity index (χ4n) is 1.82. The Balaban J connectivity index is 2.80. The molecule has 0 radical (unpaired) electrons. The number of allylic oxidation sites excluding steroid dienone is 1. The van der Waals surface area contributed by atoms with Crippen LogP contribution >= 0.6 is 0 Å². The molecule has 0 heterocycles. The molecule has 0 bridgehead atoms. The van der Waals surface area contributed by atoms with E-state index in [0.717, 1.165) is 6.42 Å². The van der Waals surface area contributed by atoms with Crippen molar-refractivity contribution in [2.24, 2.45) is 11.3 Å². The normalized spacial score (nSPS) is 31.2. The first-order chi connectivity index (χ1) is 6.49. The minimum Gasteiger partial charge on any atom is -0.392 e. The number of rotatable bonds is 3. The lowest BCUT2D eigenvalue weighted by molar-refractivity contribution is -0.116. The Bertz CT molecular complexity index is 267. The first kappa shape index (κ1) is 11.2. The Kier molecular flexibility index (Phi) is 3.27. The van der Waals surface area contributed by atoms with Gasteiger partial charge in [-0.25, -0.2) is 0 Å². The van der Waals surface area contributed by atoms with Crippen LogP contribution in [-0.4, -0.2) is 17.0 Å². The van der Waals surface area contributed by atoms with E-state index in [9.17, 15) is 9.90 Å². The summed E-state index contributed by atoms with van der Waals surface area (Å²) in [5.74, 6) is 0.207. The molecule has 0 spiro atoms. The van der Waals surface area contributed by atoms with Gasteiger partial charge in [0.15, 0.2) is 5.78 Å². The maximum absolute atomic E-state index is 11.0. The van der Waals surface area contributed by atoms with Crippen LogP contribution in [0, 0.1) is 11.3 Å². The molecule has 3 atom stereocenters. The van der Waals surface area contributed by atoms with Gasteiger partial charge in [0.1, 0.15) is 0 Å². The highest BCUT2D eigenvalue weighted by Gasteiger charge is 2.35. The lowest BCUT2D eigenvalue weighted by atomic mass is 9.72. The second kappa shape index (κ2) is 4.09. The summed E-state index contributed by atoms with van der Waals surface area (Å²) >= 11 is 0. The second-order valence-electron chi connectivity index (χ2n) is 4.35. The Morgan fingerprint density at radius 2 is 2.36 bits per heavy atom. The predicted octanol–water partition coefficient (Wildman–Crippen LogP) is 2.09. The average Bonchev–Trinajstić information content (AvgIpc) is 2.20. The first-order valence-electron chi connectivity index (χ1n) is 5.02. The van der Waals surface area contributed by atoms with Gasteiger partial charge in [0, 0.05) is 17.8 Å². The second-order valence-corrected chi connectivity index (χ2v) is 4.35. The Hall–Kier alpha value is -0.890. The van der Waals surface area contributed by atoms with Gasteiger partial charge in [-0.05, 0) is 12.5 Å². The van der Waals surface area contributed by atoms with E-state index in [1.807, 2.05) is 19.9 Å². The number of aliphatic hydroxyl groups excluding tert-OH is 1. The Morgan fingerprint density at radius 1 is 1.71 bits per heavy atom. The van der Waals surface area contributed by atoms with E-state index in [1.165, 1.54) is 0 Å². The Morgan fingerprint density at radius 3 is 2.79 bits per heavy atom. The minimum absolute atomic E-state index is 0.0536. The molecular weight excluding hydrogens is 176 g/mol. The van der Waals surface area contributed by atoms with Crippen molar-refractivity contribution < 1.29 is 9.90 Å². The number of carbonyl (C=O) groups excluding carboxylic acids is 1. The molecule has 0 saturated heterocycles. The molecule has 1 aliphatic rings. The quantitative estimate of drug-likeness (QED) is 0.698. The van der Waals surface area contributed by atoms with Crippen LogP contribution in [0.5, 0.6) is 0 Å². The van der Waals surface area contributed by atoms with Crippen LogP contribution in [-0.2, 0) is 4.79 Å². The van der Waals surface area contributed by atoms with Crippen LogP contribution in [0.25, 0.3) is 0 Å². The molecule has 0 fully saturated rings. The molecule has 1 N–H and O–H groups in total. The summed E-state index contributed by atoms with van der Waals surface area (Å²) in [6.45, 7) is 7.60. The highest BCUT2D eigenvalue weighted by Crippen LogP contribution is 2.36. The summed E-state index contributed by atoms with van der Waals surface area (Å²) in [4.78, 5) is 11.0. The highest BCUT2D eigenvalue weighted by atomic mass is 16.3. The van der Waals surface area contributed by atoms with E-state index in [1.54, 1.807) is 12.2 Å². The minimum atomic E-state index is -0.454. The van der Waals surface area contributed by atoms with Crippen LogP contribution < -0.4 is 0 Å². The third kappa shape index (κ3) is 2.13. The first-order valence-corrected chi connectivity index (χ1v) is 5.02. The van der Waals surface area contributed by atoms with Crippen molar-refractivity contribution >= 4 is 5.78 Å². The number of ketones is 1. The van der Waals surface area contributed by atoms with E-state index in [-0.39, 0.29) is 17.1 Å². The zero-order chi connectivity index (χ0) is 10.8. The zero-order valence-corrected chi connectivity index (χ0v) is 8.86. The molecule has 0 amide bonds. The van der Waals surface area contributed by atoms with Crippen LogP contribution in [0.1, 0.15) is 26.7 Å². The van der Waals surface area contributed by atoms with Gasteiger partial charge < -0.3 is 5.11 Å². The molecule has 2 heteroatoms. The number of hydrogen-bond acceptors (Lipinski definition) is 2. The molecule has 0 aromatic rings. The zero-order valence-electron chi connectivity index (χ0n) is 8.86. The van der Waals surface area contributed by atoms with E-state index < -0.39 is 6.10 Å². The van der Waals surface area contributed by atoms with E-state index in [0.29, 0.717) is 6.42 Å². The topological polar surface area (TPSA) is 37.3 Å². The smallest absolute Gasteiger partial charge is 0.155 e. The van der Waals surface area contributed by atoms with Crippen LogP contribution in [0.15, 0.2) is 24.8 Å². The van der Waals surface area contributed by atoms with Crippen molar-refractivity contribution in [1.82, 2.24) is 0 Å². The number of aliphatic hydroxyl groups is 1. The fraction of sp³-hybridized carbons (Fsp3) is 0.583. The molecule has 1 aliphatic carbocycles. The van der Waals surface area contributed by atoms with Gasteiger partial charge in [0.25, 0.3) is 0 Å². The lowest BCUT2D eigenvalue weighted by Crippen LogP contribution is -2.37. The summed E-state index contributed by atoms with van der Waals surface area (Å²) in [5, 5.41) is 10.1. The molecule has 2 nitrogen and oxygen atoms in total. The molecule has 0 saturated carbocycles. The third-order valence-corrected chi connectivity index (χ3v) is 3.11. The van der Waals surface area contributed by atoms with Crippen LogP contribution in [0.2, 0.25) is 0 Å². The summed E-state index contributed by atoms with van der Waals surface area (Å²) in [6.07, 6.45) is 5.98. The molecule has 0 aromatic heterocycles. The maximum atomic E-state index is 11.0. The Labute approximate surface area is 85.3 Å². The molecule has 0 aliphatic heterocycles. The van der Waals surface area contributed by atoms with Gasteiger partial charge in [-0.2, -0.15) is 0 Å². The van der Waals surface area contributed by atoms with Crippen molar-refractivity contribution in [2.75, 3.05) is 0 Å². The molecule has 14 heavy (non-hydrogen) atoms. The molecular formula is C12H18O2. The largest absolute Gasteiger partial charge is 0.392 e. The highest BCUT2D eigenvalue weighted by molar-refractivity contribution is 5.90. The van der Waals surface area contributed by atoms with Crippen molar-refractivity contribution in [3.8, 4) is 0 Å². The number of hydrogen-bond donors (Lipinski definition) is 1. The van der Waals surface area contributed by atoms with Gasteiger partial charge in [0.2, 0.25) is 0 Å². The van der Waals surface area contributed by atoms with Crippen LogP contribution in [0.4, 0.5) is 0 Å².